The Morgan fingerprint density at radius 1 is 1.00 bits per heavy atom. The van der Waals surface area contributed by atoms with Crippen LogP contribution in [-0.2, 0) is 12.8 Å². The Bertz CT molecular complexity index is 799. The molecule has 3 rings (SSSR count). The van der Waals surface area contributed by atoms with Crippen molar-refractivity contribution in [2.75, 3.05) is 5.32 Å². The van der Waals surface area contributed by atoms with Gasteiger partial charge in [-0.1, -0.05) is 59.9 Å². The van der Waals surface area contributed by atoms with Crippen molar-refractivity contribution in [3.63, 3.8) is 0 Å². The summed E-state index contributed by atoms with van der Waals surface area (Å²) >= 11 is 1.43. The molecule has 0 saturated heterocycles. The maximum absolute atomic E-state index is 12.3. The molecule has 0 aliphatic heterocycles. The van der Waals surface area contributed by atoms with Gasteiger partial charge < -0.3 is 0 Å². The van der Waals surface area contributed by atoms with Crippen molar-refractivity contribution in [1.82, 2.24) is 10.2 Å². The molecule has 0 spiro atoms. The number of benzene rings is 2. The normalized spacial score (nSPS) is 10.5. The van der Waals surface area contributed by atoms with Gasteiger partial charge >= 0.3 is 0 Å². The van der Waals surface area contributed by atoms with E-state index in [1.807, 2.05) is 49.4 Å². The van der Waals surface area contributed by atoms with Crippen LogP contribution in [0.15, 0.2) is 54.6 Å². The van der Waals surface area contributed by atoms with Crippen molar-refractivity contribution in [2.24, 2.45) is 0 Å². The van der Waals surface area contributed by atoms with E-state index in [1.54, 1.807) is 0 Å². The molecule has 0 fully saturated rings. The maximum Gasteiger partial charge on any atom is 0.257 e. The van der Waals surface area contributed by atoms with E-state index in [0.29, 0.717) is 10.7 Å². The van der Waals surface area contributed by atoms with Gasteiger partial charge in [-0.05, 0) is 30.5 Å². The van der Waals surface area contributed by atoms with Crippen LogP contribution >= 0.6 is 11.3 Å². The summed E-state index contributed by atoms with van der Waals surface area (Å²) in [7, 11) is 0. The summed E-state index contributed by atoms with van der Waals surface area (Å²) in [6, 6.07) is 17.8. The number of aryl methyl sites for hydroxylation is 3. The van der Waals surface area contributed by atoms with Crippen LogP contribution in [-0.4, -0.2) is 16.1 Å². The standard InChI is InChI=1S/C18H17N3OS/c1-13-7-5-6-10-15(13)17(22)19-18-21-20-16(23-18)12-11-14-8-3-2-4-9-14/h2-10H,11-12H2,1H3,(H,19,21,22). The fourth-order valence-electron chi connectivity index (χ4n) is 2.29. The molecule has 23 heavy (non-hydrogen) atoms. The first-order valence-corrected chi connectivity index (χ1v) is 8.27. The number of carbonyl (C=O) groups excluding carboxylic acids is 1. The Morgan fingerprint density at radius 3 is 2.52 bits per heavy atom. The number of nitrogens with one attached hydrogen (secondary N) is 1. The van der Waals surface area contributed by atoms with E-state index >= 15 is 0 Å². The Kier molecular flexibility index (Phi) is 4.78. The minimum absolute atomic E-state index is 0.145. The first-order valence-electron chi connectivity index (χ1n) is 7.45. The largest absolute Gasteiger partial charge is 0.296 e. The fourth-order valence-corrected chi connectivity index (χ4v) is 3.03. The second-order valence-electron chi connectivity index (χ2n) is 5.26. The number of rotatable bonds is 5. The van der Waals surface area contributed by atoms with E-state index in [9.17, 15) is 4.79 Å². The van der Waals surface area contributed by atoms with Gasteiger partial charge in [-0.15, -0.1) is 10.2 Å². The molecular weight excluding hydrogens is 306 g/mol. The van der Waals surface area contributed by atoms with Crippen LogP contribution in [0.5, 0.6) is 0 Å². The van der Waals surface area contributed by atoms with Crippen molar-refractivity contribution in [3.05, 3.63) is 76.3 Å². The number of anilines is 1. The van der Waals surface area contributed by atoms with Crippen molar-refractivity contribution < 1.29 is 4.79 Å². The van der Waals surface area contributed by atoms with Crippen LogP contribution in [0.4, 0.5) is 5.13 Å². The molecule has 0 aliphatic carbocycles. The molecular formula is C18H17N3OS. The van der Waals surface area contributed by atoms with Crippen molar-refractivity contribution in [2.45, 2.75) is 19.8 Å². The molecule has 1 amide bonds. The third kappa shape index (κ3) is 4.02. The van der Waals surface area contributed by atoms with E-state index in [0.717, 1.165) is 23.4 Å². The van der Waals surface area contributed by atoms with Crippen molar-refractivity contribution >= 4 is 22.4 Å². The van der Waals surface area contributed by atoms with Crippen molar-refractivity contribution in [3.8, 4) is 0 Å². The summed E-state index contributed by atoms with van der Waals surface area (Å²) in [4.78, 5) is 12.3. The molecule has 1 N–H and O–H groups in total. The monoisotopic (exact) mass is 323 g/mol. The second kappa shape index (κ2) is 7.15. The molecule has 4 nitrogen and oxygen atoms in total. The molecule has 0 atom stereocenters. The summed E-state index contributed by atoms with van der Waals surface area (Å²) < 4.78 is 0. The second-order valence-corrected chi connectivity index (χ2v) is 6.32. The highest BCUT2D eigenvalue weighted by Crippen LogP contribution is 2.19. The zero-order valence-corrected chi connectivity index (χ0v) is 13.6. The average Bonchev–Trinajstić information content (AvgIpc) is 3.02. The third-order valence-electron chi connectivity index (χ3n) is 3.55. The lowest BCUT2D eigenvalue weighted by Crippen LogP contribution is -2.12. The van der Waals surface area contributed by atoms with Gasteiger partial charge in [-0.25, -0.2) is 0 Å². The summed E-state index contributed by atoms with van der Waals surface area (Å²) in [6.45, 7) is 1.92. The van der Waals surface area contributed by atoms with Gasteiger partial charge in [0.05, 0.1) is 0 Å². The maximum atomic E-state index is 12.3. The zero-order valence-electron chi connectivity index (χ0n) is 12.8. The van der Waals surface area contributed by atoms with E-state index in [4.69, 9.17) is 0 Å². The highest BCUT2D eigenvalue weighted by atomic mass is 32.1. The van der Waals surface area contributed by atoms with E-state index in [2.05, 4.69) is 27.6 Å². The molecule has 0 bridgehead atoms. The van der Waals surface area contributed by atoms with Crippen LogP contribution in [0.2, 0.25) is 0 Å². The number of hydrogen-bond acceptors (Lipinski definition) is 4. The molecule has 0 radical (unpaired) electrons. The quantitative estimate of drug-likeness (QED) is 0.775. The lowest BCUT2D eigenvalue weighted by molar-refractivity contribution is 0.102. The number of amides is 1. The van der Waals surface area contributed by atoms with E-state index in [-0.39, 0.29) is 5.91 Å². The Morgan fingerprint density at radius 2 is 1.74 bits per heavy atom. The number of carbonyl (C=O) groups is 1. The number of aromatic nitrogens is 2. The smallest absolute Gasteiger partial charge is 0.257 e. The Hall–Kier alpha value is -2.53. The first-order chi connectivity index (χ1) is 11.2. The highest BCUT2D eigenvalue weighted by Gasteiger charge is 2.11. The van der Waals surface area contributed by atoms with Gasteiger partial charge in [0.1, 0.15) is 5.01 Å². The zero-order chi connectivity index (χ0) is 16.1. The average molecular weight is 323 g/mol. The summed E-state index contributed by atoms with van der Waals surface area (Å²) in [5, 5.41) is 12.5. The lowest BCUT2D eigenvalue weighted by atomic mass is 10.1. The number of hydrogen-bond donors (Lipinski definition) is 1. The van der Waals surface area contributed by atoms with Crippen LogP contribution in [0.3, 0.4) is 0 Å². The molecule has 1 aromatic heterocycles. The molecule has 5 heteroatoms. The lowest BCUT2D eigenvalue weighted by Gasteiger charge is -2.03. The summed E-state index contributed by atoms with van der Waals surface area (Å²) in [5.41, 5.74) is 2.88. The fraction of sp³-hybridized carbons (Fsp3) is 0.167. The Balaban J connectivity index is 1.61. The molecule has 3 aromatic rings. The summed E-state index contributed by atoms with van der Waals surface area (Å²) in [6.07, 6.45) is 1.74. The topological polar surface area (TPSA) is 54.9 Å². The SMILES string of the molecule is Cc1ccccc1C(=O)Nc1nnc(CCc2ccccc2)s1. The van der Waals surface area contributed by atoms with Crippen LogP contribution in [0.25, 0.3) is 0 Å². The van der Waals surface area contributed by atoms with Crippen molar-refractivity contribution in [1.29, 1.82) is 0 Å². The Labute approximate surface area is 139 Å². The minimum atomic E-state index is -0.145. The number of nitrogens with zero attached hydrogens (tertiary/aromatic N) is 2. The van der Waals surface area contributed by atoms with Gasteiger partial charge in [0, 0.05) is 12.0 Å². The molecule has 0 saturated carbocycles. The summed E-state index contributed by atoms with van der Waals surface area (Å²) in [5.74, 6) is -0.145. The van der Waals surface area contributed by atoms with Gasteiger partial charge in [0.15, 0.2) is 0 Å². The molecule has 0 aliphatic rings. The predicted octanol–water partition coefficient (Wildman–Crippen LogP) is 3.88. The minimum Gasteiger partial charge on any atom is -0.296 e. The molecule has 116 valence electrons. The molecule has 2 aromatic carbocycles. The third-order valence-corrected chi connectivity index (χ3v) is 4.45. The highest BCUT2D eigenvalue weighted by molar-refractivity contribution is 7.15. The van der Waals surface area contributed by atoms with Crippen LogP contribution in [0.1, 0.15) is 26.5 Å². The van der Waals surface area contributed by atoms with Gasteiger partial charge in [0.2, 0.25) is 5.13 Å². The van der Waals surface area contributed by atoms with Crippen LogP contribution < -0.4 is 5.32 Å². The van der Waals surface area contributed by atoms with Gasteiger partial charge in [0.25, 0.3) is 5.91 Å². The molecule has 1 heterocycles. The van der Waals surface area contributed by atoms with E-state index in [1.165, 1.54) is 16.9 Å². The van der Waals surface area contributed by atoms with E-state index < -0.39 is 0 Å². The van der Waals surface area contributed by atoms with Crippen LogP contribution in [0, 0.1) is 6.92 Å². The van der Waals surface area contributed by atoms with Gasteiger partial charge in [-0.2, -0.15) is 0 Å². The predicted molar refractivity (Wildman–Crippen MR) is 92.9 cm³/mol. The molecule has 0 unspecified atom stereocenters. The first kappa shape index (κ1) is 15.4. The van der Waals surface area contributed by atoms with Gasteiger partial charge in [-0.3, -0.25) is 10.1 Å².